The van der Waals surface area contributed by atoms with Gasteiger partial charge in [0.25, 0.3) is 0 Å². The molecule has 1 unspecified atom stereocenters. The molecular weight excluding hydrogens is 174 g/mol. The number of hydrogen-bond acceptors (Lipinski definition) is 2. The van der Waals surface area contributed by atoms with E-state index in [4.69, 9.17) is 0 Å². The minimum Gasteiger partial charge on any atom is -0.394 e. The van der Waals surface area contributed by atoms with Gasteiger partial charge in [0.15, 0.2) is 0 Å². The molecule has 0 aromatic heterocycles. The van der Waals surface area contributed by atoms with E-state index >= 15 is 0 Å². The molecule has 0 aliphatic heterocycles. The molecular formula is C12H27NO. The van der Waals surface area contributed by atoms with E-state index in [1.54, 1.807) is 0 Å². The zero-order chi connectivity index (χ0) is 11.6. The Morgan fingerprint density at radius 1 is 1.14 bits per heavy atom. The third-order valence-corrected chi connectivity index (χ3v) is 3.52. The van der Waals surface area contributed by atoms with E-state index in [2.05, 4.69) is 53.4 Å². The van der Waals surface area contributed by atoms with Crippen LogP contribution in [0.3, 0.4) is 0 Å². The fraction of sp³-hybridized carbons (Fsp3) is 1.00. The minimum absolute atomic E-state index is 0.0853. The summed E-state index contributed by atoms with van der Waals surface area (Å²) in [5.41, 5.74) is -0.0576. The molecule has 2 nitrogen and oxygen atoms in total. The molecule has 0 fully saturated rings. The molecule has 0 amide bonds. The van der Waals surface area contributed by atoms with Crippen LogP contribution in [0.1, 0.15) is 48.5 Å². The standard InChI is InChI=1S/C12H27NO/c1-8-13(10(2)3)12(7,9-14)11(4,5)6/h10,14H,8-9H2,1-7H3. The molecule has 0 spiro atoms. The number of rotatable bonds is 4. The Kier molecular flexibility index (Phi) is 4.60. The van der Waals surface area contributed by atoms with Gasteiger partial charge in [0, 0.05) is 11.6 Å². The van der Waals surface area contributed by atoms with E-state index in [1.165, 1.54) is 0 Å². The Labute approximate surface area is 89.3 Å². The Morgan fingerprint density at radius 2 is 1.57 bits per heavy atom. The van der Waals surface area contributed by atoms with Gasteiger partial charge in [-0.25, -0.2) is 0 Å². The third kappa shape index (κ3) is 2.48. The van der Waals surface area contributed by atoms with Crippen molar-refractivity contribution < 1.29 is 5.11 Å². The summed E-state index contributed by atoms with van der Waals surface area (Å²) >= 11 is 0. The molecule has 0 bridgehead atoms. The first-order valence-corrected chi connectivity index (χ1v) is 5.58. The Morgan fingerprint density at radius 3 is 1.64 bits per heavy atom. The lowest BCUT2D eigenvalue weighted by atomic mass is 9.73. The molecule has 1 atom stereocenters. The molecule has 0 saturated carbocycles. The van der Waals surface area contributed by atoms with Crippen LogP contribution < -0.4 is 0 Å². The van der Waals surface area contributed by atoms with Crippen LogP contribution in [-0.2, 0) is 0 Å². The number of hydrogen-bond donors (Lipinski definition) is 1. The van der Waals surface area contributed by atoms with Crippen molar-refractivity contribution in [1.82, 2.24) is 4.90 Å². The highest BCUT2D eigenvalue weighted by atomic mass is 16.3. The number of aliphatic hydroxyl groups is 1. The maximum absolute atomic E-state index is 9.63. The van der Waals surface area contributed by atoms with Gasteiger partial charge in [0.05, 0.1) is 6.61 Å². The molecule has 0 aromatic carbocycles. The largest absolute Gasteiger partial charge is 0.394 e. The zero-order valence-corrected chi connectivity index (χ0v) is 10.9. The lowest BCUT2D eigenvalue weighted by Gasteiger charge is -2.50. The highest BCUT2D eigenvalue weighted by Gasteiger charge is 2.42. The lowest BCUT2D eigenvalue weighted by Crippen LogP contribution is -2.59. The van der Waals surface area contributed by atoms with Crippen molar-refractivity contribution >= 4 is 0 Å². The van der Waals surface area contributed by atoms with Gasteiger partial charge in [0.2, 0.25) is 0 Å². The van der Waals surface area contributed by atoms with E-state index < -0.39 is 0 Å². The van der Waals surface area contributed by atoms with Crippen molar-refractivity contribution in [3.63, 3.8) is 0 Å². The molecule has 0 aliphatic carbocycles. The molecule has 14 heavy (non-hydrogen) atoms. The van der Waals surface area contributed by atoms with Crippen LogP contribution >= 0.6 is 0 Å². The SMILES string of the molecule is CCN(C(C)C)C(C)(CO)C(C)(C)C. The Balaban J connectivity index is 5.00. The predicted octanol–water partition coefficient (Wildman–Crippen LogP) is 2.51. The van der Waals surface area contributed by atoms with Gasteiger partial charge in [-0.05, 0) is 32.7 Å². The molecule has 0 aromatic rings. The molecule has 1 N–H and O–H groups in total. The monoisotopic (exact) mass is 201 g/mol. The summed E-state index contributed by atoms with van der Waals surface area (Å²) in [5, 5.41) is 9.63. The highest BCUT2D eigenvalue weighted by Crippen LogP contribution is 2.36. The maximum Gasteiger partial charge on any atom is 0.0617 e. The van der Waals surface area contributed by atoms with Crippen molar-refractivity contribution in [2.75, 3.05) is 13.2 Å². The van der Waals surface area contributed by atoms with Gasteiger partial charge in [-0.1, -0.05) is 27.7 Å². The van der Waals surface area contributed by atoms with Crippen molar-refractivity contribution in [3.8, 4) is 0 Å². The summed E-state index contributed by atoms with van der Waals surface area (Å²) in [5.74, 6) is 0. The van der Waals surface area contributed by atoms with Gasteiger partial charge >= 0.3 is 0 Å². The van der Waals surface area contributed by atoms with Gasteiger partial charge in [0.1, 0.15) is 0 Å². The quantitative estimate of drug-likeness (QED) is 0.755. The van der Waals surface area contributed by atoms with Crippen LogP contribution in [0.5, 0.6) is 0 Å². The summed E-state index contributed by atoms with van der Waals surface area (Å²) < 4.78 is 0. The Hall–Kier alpha value is -0.0800. The predicted molar refractivity (Wildman–Crippen MR) is 62.5 cm³/mol. The molecule has 86 valence electrons. The lowest BCUT2D eigenvalue weighted by molar-refractivity contribution is -0.0499. The summed E-state index contributed by atoms with van der Waals surface area (Å²) in [6.45, 7) is 16.4. The van der Waals surface area contributed by atoms with Crippen LogP contribution in [0, 0.1) is 5.41 Å². The number of likely N-dealkylation sites (N-methyl/N-ethyl adjacent to an activating group) is 1. The van der Waals surface area contributed by atoms with Crippen LogP contribution in [0.25, 0.3) is 0 Å². The molecule has 0 heterocycles. The van der Waals surface area contributed by atoms with E-state index in [9.17, 15) is 5.11 Å². The van der Waals surface area contributed by atoms with Crippen LogP contribution in [0.15, 0.2) is 0 Å². The average Bonchev–Trinajstić information content (AvgIpc) is 2.02. The maximum atomic E-state index is 9.63. The second-order valence-corrected chi connectivity index (χ2v) is 5.56. The smallest absolute Gasteiger partial charge is 0.0617 e. The van der Waals surface area contributed by atoms with Crippen molar-refractivity contribution in [3.05, 3.63) is 0 Å². The molecule has 0 aliphatic rings. The normalized spacial score (nSPS) is 17.6. The zero-order valence-electron chi connectivity index (χ0n) is 10.9. The summed E-state index contributed by atoms with van der Waals surface area (Å²) in [6, 6.07) is 0.469. The molecule has 0 saturated heterocycles. The fourth-order valence-corrected chi connectivity index (χ4v) is 2.04. The summed E-state index contributed by atoms with van der Waals surface area (Å²) in [6.07, 6.45) is 0. The average molecular weight is 201 g/mol. The molecule has 0 rings (SSSR count). The van der Waals surface area contributed by atoms with Gasteiger partial charge in [-0.3, -0.25) is 4.90 Å². The van der Waals surface area contributed by atoms with Gasteiger partial charge < -0.3 is 5.11 Å². The number of aliphatic hydroxyl groups excluding tert-OH is 1. The summed E-state index contributed by atoms with van der Waals surface area (Å²) in [7, 11) is 0. The van der Waals surface area contributed by atoms with Gasteiger partial charge in [-0.15, -0.1) is 0 Å². The van der Waals surface area contributed by atoms with Crippen LogP contribution in [0.4, 0.5) is 0 Å². The Bertz CT molecular complexity index is 172. The number of nitrogens with zero attached hydrogens (tertiary/aromatic N) is 1. The van der Waals surface area contributed by atoms with Crippen molar-refractivity contribution in [1.29, 1.82) is 0 Å². The summed E-state index contributed by atoms with van der Waals surface area (Å²) in [4.78, 5) is 2.37. The van der Waals surface area contributed by atoms with Crippen LogP contribution in [0.2, 0.25) is 0 Å². The van der Waals surface area contributed by atoms with E-state index in [0.29, 0.717) is 6.04 Å². The van der Waals surface area contributed by atoms with Gasteiger partial charge in [-0.2, -0.15) is 0 Å². The topological polar surface area (TPSA) is 23.5 Å². The first-order valence-electron chi connectivity index (χ1n) is 5.58. The highest BCUT2D eigenvalue weighted by molar-refractivity contribution is 4.96. The van der Waals surface area contributed by atoms with Crippen LogP contribution in [-0.4, -0.2) is 34.7 Å². The van der Waals surface area contributed by atoms with E-state index in [-0.39, 0.29) is 17.6 Å². The molecule has 0 radical (unpaired) electrons. The second-order valence-electron chi connectivity index (χ2n) is 5.56. The second kappa shape index (κ2) is 4.63. The minimum atomic E-state index is -0.143. The first-order chi connectivity index (χ1) is 6.20. The van der Waals surface area contributed by atoms with E-state index in [0.717, 1.165) is 6.54 Å². The van der Waals surface area contributed by atoms with Crippen molar-refractivity contribution in [2.24, 2.45) is 5.41 Å². The van der Waals surface area contributed by atoms with Crippen molar-refractivity contribution in [2.45, 2.75) is 60.0 Å². The fourth-order valence-electron chi connectivity index (χ4n) is 2.04. The molecule has 2 heteroatoms. The third-order valence-electron chi connectivity index (χ3n) is 3.52. The first kappa shape index (κ1) is 13.9. The van der Waals surface area contributed by atoms with E-state index in [1.807, 2.05) is 0 Å².